The van der Waals surface area contributed by atoms with E-state index in [-0.39, 0.29) is 6.04 Å². The van der Waals surface area contributed by atoms with E-state index in [2.05, 4.69) is 23.9 Å². The second kappa shape index (κ2) is 8.18. The van der Waals surface area contributed by atoms with Crippen LogP contribution >= 0.6 is 0 Å². The third kappa shape index (κ3) is 5.12. The predicted octanol–water partition coefficient (Wildman–Crippen LogP) is 0.782. The average molecular weight is 256 g/mol. The quantitative estimate of drug-likeness (QED) is 0.661. The maximum absolute atomic E-state index is 6.06. The molecule has 0 radical (unpaired) electrons. The van der Waals surface area contributed by atoms with Gasteiger partial charge < -0.3 is 15.2 Å². The predicted molar refractivity (Wildman–Crippen MR) is 69.4 cm³/mol. The Labute approximate surface area is 108 Å². The standard InChI is InChI=1S/C12H24N4O2/c1-10(2)16-12(14-9-15-16)8-11(13)4-5-18-7-6-17-3/h9-11H,4-8,13H2,1-3H3. The zero-order valence-corrected chi connectivity index (χ0v) is 11.5. The molecule has 1 atom stereocenters. The van der Waals surface area contributed by atoms with Gasteiger partial charge in [-0.05, 0) is 20.3 Å². The van der Waals surface area contributed by atoms with E-state index < -0.39 is 0 Å². The Morgan fingerprint density at radius 1 is 1.33 bits per heavy atom. The molecular weight excluding hydrogens is 232 g/mol. The first-order valence-corrected chi connectivity index (χ1v) is 6.35. The van der Waals surface area contributed by atoms with Crippen LogP contribution in [-0.2, 0) is 15.9 Å². The van der Waals surface area contributed by atoms with Gasteiger partial charge in [-0.1, -0.05) is 0 Å². The van der Waals surface area contributed by atoms with Crippen molar-refractivity contribution in [3.63, 3.8) is 0 Å². The van der Waals surface area contributed by atoms with Crippen molar-refractivity contribution in [1.82, 2.24) is 14.8 Å². The van der Waals surface area contributed by atoms with Crippen LogP contribution in [0.5, 0.6) is 0 Å². The van der Waals surface area contributed by atoms with Gasteiger partial charge in [0, 0.05) is 32.2 Å². The summed E-state index contributed by atoms with van der Waals surface area (Å²) in [6.07, 6.45) is 3.12. The van der Waals surface area contributed by atoms with Crippen molar-refractivity contribution < 1.29 is 9.47 Å². The highest BCUT2D eigenvalue weighted by Gasteiger charge is 2.11. The minimum Gasteiger partial charge on any atom is -0.382 e. The van der Waals surface area contributed by atoms with Gasteiger partial charge in [0.15, 0.2) is 0 Å². The number of nitrogens with two attached hydrogens (primary N) is 1. The second-order valence-corrected chi connectivity index (χ2v) is 4.57. The van der Waals surface area contributed by atoms with Crippen LogP contribution in [0.4, 0.5) is 0 Å². The Morgan fingerprint density at radius 2 is 2.11 bits per heavy atom. The summed E-state index contributed by atoms with van der Waals surface area (Å²) in [4.78, 5) is 4.25. The Morgan fingerprint density at radius 3 is 2.78 bits per heavy atom. The van der Waals surface area contributed by atoms with E-state index in [9.17, 15) is 0 Å². The van der Waals surface area contributed by atoms with E-state index in [1.807, 2.05) is 4.68 Å². The van der Waals surface area contributed by atoms with E-state index >= 15 is 0 Å². The average Bonchev–Trinajstić information content (AvgIpc) is 2.77. The number of nitrogens with zero attached hydrogens (tertiary/aromatic N) is 3. The highest BCUT2D eigenvalue weighted by atomic mass is 16.5. The van der Waals surface area contributed by atoms with E-state index in [1.165, 1.54) is 0 Å². The SMILES string of the molecule is COCCOCCC(N)Cc1ncnn1C(C)C. The highest BCUT2D eigenvalue weighted by Crippen LogP contribution is 2.07. The maximum Gasteiger partial charge on any atom is 0.138 e. The molecule has 18 heavy (non-hydrogen) atoms. The number of hydrogen-bond acceptors (Lipinski definition) is 5. The Kier molecular flexibility index (Phi) is 6.85. The molecule has 0 saturated carbocycles. The number of hydrogen-bond donors (Lipinski definition) is 1. The van der Waals surface area contributed by atoms with Crippen LogP contribution in [-0.4, -0.2) is 47.7 Å². The summed E-state index contributed by atoms with van der Waals surface area (Å²) in [6, 6.07) is 0.363. The third-order valence-corrected chi connectivity index (χ3v) is 2.65. The van der Waals surface area contributed by atoms with E-state index in [4.69, 9.17) is 15.2 Å². The summed E-state index contributed by atoms with van der Waals surface area (Å²) in [5.41, 5.74) is 6.06. The van der Waals surface area contributed by atoms with Crippen molar-refractivity contribution in [3.05, 3.63) is 12.2 Å². The minimum absolute atomic E-state index is 0.0502. The van der Waals surface area contributed by atoms with Gasteiger partial charge in [0.05, 0.1) is 13.2 Å². The normalized spacial score (nSPS) is 13.2. The summed E-state index contributed by atoms with van der Waals surface area (Å²) in [7, 11) is 1.66. The topological polar surface area (TPSA) is 75.2 Å². The fourth-order valence-corrected chi connectivity index (χ4v) is 1.67. The molecule has 0 aliphatic heterocycles. The zero-order valence-electron chi connectivity index (χ0n) is 11.5. The van der Waals surface area contributed by atoms with Crippen molar-refractivity contribution in [2.75, 3.05) is 26.9 Å². The Balaban J connectivity index is 2.26. The summed E-state index contributed by atoms with van der Waals surface area (Å²) >= 11 is 0. The monoisotopic (exact) mass is 256 g/mol. The van der Waals surface area contributed by atoms with Crippen molar-refractivity contribution in [2.24, 2.45) is 5.73 Å². The van der Waals surface area contributed by atoms with E-state index in [0.717, 1.165) is 18.7 Å². The largest absolute Gasteiger partial charge is 0.382 e. The van der Waals surface area contributed by atoms with Crippen molar-refractivity contribution in [1.29, 1.82) is 0 Å². The van der Waals surface area contributed by atoms with Gasteiger partial charge in [-0.3, -0.25) is 0 Å². The number of ether oxygens (including phenoxy) is 2. The second-order valence-electron chi connectivity index (χ2n) is 4.57. The molecule has 6 nitrogen and oxygen atoms in total. The molecule has 1 rings (SSSR count). The van der Waals surface area contributed by atoms with Crippen LogP contribution in [0.15, 0.2) is 6.33 Å². The van der Waals surface area contributed by atoms with Gasteiger partial charge in [-0.2, -0.15) is 5.10 Å². The van der Waals surface area contributed by atoms with E-state index in [1.54, 1.807) is 13.4 Å². The van der Waals surface area contributed by atoms with Crippen LogP contribution in [0.3, 0.4) is 0 Å². The van der Waals surface area contributed by atoms with Crippen LogP contribution < -0.4 is 5.73 Å². The van der Waals surface area contributed by atoms with Gasteiger partial charge in [0.2, 0.25) is 0 Å². The molecule has 2 N–H and O–H groups in total. The molecule has 104 valence electrons. The molecule has 1 unspecified atom stereocenters. The fraction of sp³-hybridized carbons (Fsp3) is 0.833. The number of aromatic nitrogens is 3. The highest BCUT2D eigenvalue weighted by molar-refractivity contribution is 4.90. The smallest absolute Gasteiger partial charge is 0.138 e. The molecule has 1 aromatic rings. The van der Waals surface area contributed by atoms with Crippen LogP contribution in [0.2, 0.25) is 0 Å². The Bertz CT molecular complexity index is 328. The molecule has 0 spiro atoms. The van der Waals surface area contributed by atoms with Crippen molar-refractivity contribution in [3.8, 4) is 0 Å². The molecule has 0 amide bonds. The van der Waals surface area contributed by atoms with Crippen LogP contribution in [0, 0.1) is 0 Å². The lowest BCUT2D eigenvalue weighted by molar-refractivity contribution is 0.0671. The molecule has 1 heterocycles. The molecule has 6 heteroatoms. The first-order valence-electron chi connectivity index (χ1n) is 6.35. The third-order valence-electron chi connectivity index (χ3n) is 2.65. The molecule has 0 fully saturated rings. The zero-order chi connectivity index (χ0) is 13.4. The van der Waals surface area contributed by atoms with Crippen LogP contribution in [0.1, 0.15) is 32.1 Å². The molecular formula is C12H24N4O2. The fourth-order valence-electron chi connectivity index (χ4n) is 1.67. The lowest BCUT2D eigenvalue weighted by Crippen LogP contribution is -2.27. The van der Waals surface area contributed by atoms with Gasteiger partial charge in [0.1, 0.15) is 12.2 Å². The summed E-state index contributed by atoms with van der Waals surface area (Å²) in [5.74, 6) is 0.939. The summed E-state index contributed by atoms with van der Waals surface area (Å²) < 4.78 is 12.2. The molecule has 0 aliphatic carbocycles. The summed E-state index contributed by atoms with van der Waals surface area (Å²) in [6.45, 7) is 6.05. The van der Waals surface area contributed by atoms with Gasteiger partial charge >= 0.3 is 0 Å². The number of rotatable bonds is 9. The van der Waals surface area contributed by atoms with Gasteiger partial charge in [-0.15, -0.1) is 0 Å². The first kappa shape index (κ1) is 15.1. The molecule has 0 saturated heterocycles. The Hall–Kier alpha value is -0.980. The van der Waals surface area contributed by atoms with E-state index in [0.29, 0.717) is 25.9 Å². The van der Waals surface area contributed by atoms with Crippen LogP contribution in [0.25, 0.3) is 0 Å². The summed E-state index contributed by atoms with van der Waals surface area (Å²) in [5, 5.41) is 4.19. The van der Waals surface area contributed by atoms with Crippen molar-refractivity contribution in [2.45, 2.75) is 38.8 Å². The van der Waals surface area contributed by atoms with Gasteiger partial charge in [-0.25, -0.2) is 9.67 Å². The minimum atomic E-state index is 0.0502. The molecule has 1 aromatic heterocycles. The lowest BCUT2D eigenvalue weighted by Gasteiger charge is -2.14. The lowest BCUT2D eigenvalue weighted by atomic mass is 10.1. The number of methoxy groups -OCH3 is 1. The van der Waals surface area contributed by atoms with Gasteiger partial charge in [0.25, 0.3) is 0 Å². The maximum atomic E-state index is 6.06. The molecule has 0 aliphatic rings. The van der Waals surface area contributed by atoms with Crippen molar-refractivity contribution >= 4 is 0 Å². The molecule has 0 aromatic carbocycles. The molecule has 0 bridgehead atoms. The first-order chi connectivity index (χ1) is 8.65.